The maximum Gasteiger partial charge on any atom is 0.274 e. The molecule has 0 aliphatic rings. The third-order valence-corrected chi connectivity index (χ3v) is 3.88. The molecule has 0 unspecified atom stereocenters. The quantitative estimate of drug-likeness (QED) is 0.783. The lowest BCUT2D eigenvalue weighted by Gasteiger charge is -2.07. The van der Waals surface area contributed by atoms with Crippen molar-refractivity contribution in [3.8, 4) is 16.5 Å². The number of pyridine rings is 1. The first kappa shape index (κ1) is 14.3. The molecule has 0 saturated heterocycles. The minimum Gasteiger partial charge on any atom is -0.481 e. The van der Waals surface area contributed by atoms with Crippen LogP contribution in [0.15, 0.2) is 46.7 Å². The van der Waals surface area contributed by atoms with E-state index in [1.165, 1.54) is 17.7 Å². The molecular weight excluding hydrogens is 302 g/mol. The number of oxazole rings is 1. The molecule has 3 rings (SSSR count). The van der Waals surface area contributed by atoms with Gasteiger partial charge in [-0.25, -0.2) is 9.97 Å². The van der Waals surface area contributed by atoms with Crippen molar-refractivity contribution in [3.05, 3.63) is 53.5 Å². The molecule has 3 aromatic heterocycles. The van der Waals surface area contributed by atoms with Crippen molar-refractivity contribution in [2.75, 3.05) is 7.11 Å². The molecule has 7 heteroatoms. The number of hydrogen-bond acceptors (Lipinski definition) is 6. The van der Waals surface area contributed by atoms with Crippen molar-refractivity contribution in [2.45, 2.75) is 6.54 Å². The maximum atomic E-state index is 12.3. The van der Waals surface area contributed by atoms with Gasteiger partial charge in [0.05, 0.1) is 12.0 Å². The molecule has 0 radical (unpaired) electrons. The summed E-state index contributed by atoms with van der Waals surface area (Å²) in [6.45, 7) is 0.298. The average molecular weight is 315 g/mol. The van der Waals surface area contributed by atoms with E-state index in [9.17, 15) is 4.79 Å². The Kier molecular flexibility index (Phi) is 4.15. The Labute approximate surface area is 130 Å². The molecule has 6 nitrogen and oxygen atoms in total. The minimum atomic E-state index is -0.303. The van der Waals surface area contributed by atoms with E-state index in [0.717, 1.165) is 10.4 Å². The van der Waals surface area contributed by atoms with Crippen LogP contribution >= 0.6 is 11.3 Å². The third kappa shape index (κ3) is 2.84. The first-order valence-corrected chi connectivity index (χ1v) is 7.41. The predicted molar refractivity (Wildman–Crippen MR) is 81.8 cm³/mol. The number of methoxy groups -OCH3 is 1. The van der Waals surface area contributed by atoms with E-state index in [-0.39, 0.29) is 11.6 Å². The van der Waals surface area contributed by atoms with Crippen LogP contribution in [0.25, 0.3) is 10.6 Å². The molecule has 0 aliphatic carbocycles. The Morgan fingerprint density at radius 1 is 1.36 bits per heavy atom. The minimum absolute atomic E-state index is 0.269. The van der Waals surface area contributed by atoms with Crippen molar-refractivity contribution in [3.63, 3.8) is 0 Å². The van der Waals surface area contributed by atoms with Crippen LogP contribution in [0, 0.1) is 0 Å². The van der Waals surface area contributed by atoms with Gasteiger partial charge in [-0.3, -0.25) is 4.79 Å². The average Bonchev–Trinajstić information content (AvgIpc) is 3.23. The van der Waals surface area contributed by atoms with Gasteiger partial charge in [-0.1, -0.05) is 12.1 Å². The van der Waals surface area contributed by atoms with E-state index in [1.54, 1.807) is 19.4 Å². The molecule has 3 aromatic rings. The SMILES string of the molecule is COc1ncccc1CNC(=O)c1ncoc1-c1cccs1. The summed E-state index contributed by atoms with van der Waals surface area (Å²) in [7, 11) is 1.54. The summed E-state index contributed by atoms with van der Waals surface area (Å²) in [5, 5.41) is 4.72. The van der Waals surface area contributed by atoms with Crippen molar-refractivity contribution < 1.29 is 13.9 Å². The van der Waals surface area contributed by atoms with Crippen LogP contribution in [0.2, 0.25) is 0 Å². The van der Waals surface area contributed by atoms with E-state index < -0.39 is 0 Å². The molecule has 0 bridgehead atoms. The summed E-state index contributed by atoms with van der Waals surface area (Å²) in [6, 6.07) is 7.41. The molecule has 0 saturated carbocycles. The van der Waals surface area contributed by atoms with Crippen LogP contribution in [0.4, 0.5) is 0 Å². The molecule has 0 spiro atoms. The number of nitrogens with zero attached hydrogens (tertiary/aromatic N) is 2. The molecule has 0 atom stereocenters. The predicted octanol–water partition coefficient (Wildman–Crippen LogP) is 2.74. The van der Waals surface area contributed by atoms with Crippen molar-refractivity contribution in [1.82, 2.24) is 15.3 Å². The highest BCUT2D eigenvalue weighted by atomic mass is 32.1. The fourth-order valence-corrected chi connectivity index (χ4v) is 2.70. The highest BCUT2D eigenvalue weighted by Gasteiger charge is 2.19. The van der Waals surface area contributed by atoms with Crippen LogP contribution in [0.3, 0.4) is 0 Å². The van der Waals surface area contributed by atoms with Gasteiger partial charge in [0.1, 0.15) is 0 Å². The smallest absolute Gasteiger partial charge is 0.274 e. The lowest BCUT2D eigenvalue weighted by molar-refractivity contribution is 0.0946. The third-order valence-electron chi connectivity index (χ3n) is 3.01. The number of carbonyl (C=O) groups excluding carboxylic acids is 1. The Morgan fingerprint density at radius 3 is 3.05 bits per heavy atom. The molecule has 22 heavy (non-hydrogen) atoms. The van der Waals surface area contributed by atoms with Crippen molar-refractivity contribution in [2.24, 2.45) is 0 Å². The zero-order valence-corrected chi connectivity index (χ0v) is 12.6. The second kappa shape index (κ2) is 6.40. The first-order chi connectivity index (χ1) is 10.8. The number of rotatable bonds is 5. The summed E-state index contributed by atoms with van der Waals surface area (Å²) in [6.07, 6.45) is 2.91. The van der Waals surface area contributed by atoms with Gasteiger partial charge in [-0.15, -0.1) is 11.3 Å². The Morgan fingerprint density at radius 2 is 2.27 bits per heavy atom. The number of hydrogen-bond donors (Lipinski definition) is 1. The first-order valence-electron chi connectivity index (χ1n) is 6.53. The number of amides is 1. The Hall–Kier alpha value is -2.67. The summed E-state index contributed by atoms with van der Waals surface area (Å²) >= 11 is 1.49. The van der Waals surface area contributed by atoms with Crippen LogP contribution in [-0.4, -0.2) is 23.0 Å². The van der Waals surface area contributed by atoms with Gasteiger partial charge in [-0.05, 0) is 17.5 Å². The van der Waals surface area contributed by atoms with Crippen LogP contribution in [0.1, 0.15) is 16.1 Å². The van der Waals surface area contributed by atoms with Crippen molar-refractivity contribution in [1.29, 1.82) is 0 Å². The van der Waals surface area contributed by atoms with E-state index in [1.807, 2.05) is 23.6 Å². The zero-order chi connectivity index (χ0) is 15.4. The molecule has 0 aromatic carbocycles. The summed E-state index contributed by atoms with van der Waals surface area (Å²) in [5.74, 6) is 0.662. The van der Waals surface area contributed by atoms with Gasteiger partial charge in [0.15, 0.2) is 17.8 Å². The van der Waals surface area contributed by atoms with Gasteiger partial charge in [-0.2, -0.15) is 0 Å². The summed E-state index contributed by atoms with van der Waals surface area (Å²) in [4.78, 5) is 21.3. The largest absolute Gasteiger partial charge is 0.481 e. The highest BCUT2D eigenvalue weighted by molar-refractivity contribution is 7.13. The van der Waals surface area contributed by atoms with E-state index in [4.69, 9.17) is 9.15 Å². The lowest BCUT2D eigenvalue weighted by atomic mass is 10.2. The Balaban J connectivity index is 1.75. The summed E-state index contributed by atoms with van der Waals surface area (Å²) in [5.41, 5.74) is 1.06. The molecule has 112 valence electrons. The monoisotopic (exact) mass is 315 g/mol. The number of ether oxygens (including phenoxy) is 1. The fourth-order valence-electron chi connectivity index (χ4n) is 1.99. The van der Waals surface area contributed by atoms with E-state index >= 15 is 0 Å². The maximum absolute atomic E-state index is 12.3. The van der Waals surface area contributed by atoms with E-state index in [2.05, 4.69) is 15.3 Å². The van der Waals surface area contributed by atoms with Crippen molar-refractivity contribution >= 4 is 17.2 Å². The second-order valence-corrected chi connectivity index (χ2v) is 5.31. The zero-order valence-electron chi connectivity index (χ0n) is 11.8. The Bertz CT molecular complexity index is 768. The molecule has 0 aliphatic heterocycles. The number of thiophene rings is 1. The number of aromatic nitrogens is 2. The van der Waals surface area contributed by atoms with Gasteiger partial charge < -0.3 is 14.5 Å². The van der Waals surface area contributed by atoms with Gasteiger partial charge in [0.25, 0.3) is 5.91 Å². The molecule has 0 fully saturated rings. The van der Waals surface area contributed by atoms with Crippen LogP contribution < -0.4 is 10.1 Å². The molecular formula is C15H13N3O3S. The molecule has 1 N–H and O–H groups in total. The second-order valence-electron chi connectivity index (χ2n) is 4.36. The number of carbonyl (C=O) groups is 1. The fraction of sp³-hybridized carbons (Fsp3) is 0.133. The standard InChI is InChI=1S/C15H13N3O3S/c1-20-15-10(4-2-6-16-15)8-17-14(19)12-13(21-9-18-12)11-5-3-7-22-11/h2-7,9H,8H2,1H3,(H,17,19). The molecule has 3 heterocycles. The van der Waals surface area contributed by atoms with Crippen LogP contribution in [0.5, 0.6) is 5.88 Å². The normalized spacial score (nSPS) is 10.4. The highest BCUT2D eigenvalue weighted by Crippen LogP contribution is 2.27. The topological polar surface area (TPSA) is 77.2 Å². The van der Waals surface area contributed by atoms with Gasteiger partial charge >= 0.3 is 0 Å². The van der Waals surface area contributed by atoms with Gasteiger partial charge in [0.2, 0.25) is 5.88 Å². The summed E-state index contributed by atoms with van der Waals surface area (Å²) < 4.78 is 10.5. The molecule has 1 amide bonds. The number of nitrogens with one attached hydrogen (secondary N) is 1. The van der Waals surface area contributed by atoms with Gasteiger partial charge in [0, 0.05) is 18.3 Å². The van der Waals surface area contributed by atoms with Crippen LogP contribution in [-0.2, 0) is 6.54 Å². The van der Waals surface area contributed by atoms with E-state index in [0.29, 0.717) is 18.2 Å². The lowest BCUT2D eigenvalue weighted by Crippen LogP contribution is -2.24.